The molecule has 1 N–H and O–H groups in total. The van der Waals surface area contributed by atoms with E-state index in [0.717, 1.165) is 35.7 Å². The molecule has 24 heavy (non-hydrogen) atoms. The number of pyridine rings is 1. The highest BCUT2D eigenvalue weighted by molar-refractivity contribution is 5.72. The molecule has 0 aliphatic heterocycles. The summed E-state index contributed by atoms with van der Waals surface area (Å²) < 4.78 is 3.95. The lowest BCUT2D eigenvalue weighted by atomic mass is 10.3. The summed E-state index contributed by atoms with van der Waals surface area (Å²) in [5.74, 6) is 1.40. The Bertz CT molecular complexity index is 955. The fourth-order valence-corrected chi connectivity index (χ4v) is 2.63. The Morgan fingerprint density at radius 3 is 2.88 bits per heavy atom. The molecule has 4 aromatic heterocycles. The number of anilines is 2. The molecule has 0 spiro atoms. The molecule has 0 fully saturated rings. The zero-order chi connectivity index (χ0) is 16.4. The molecular formula is C17H17N7. The van der Waals surface area contributed by atoms with Crippen LogP contribution in [0, 0.1) is 0 Å². The van der Waals surface area contributed by atoms with Gasteiger partial charge in [-0.25, -0.2) is 15.0 Å². The molecule has 4 aromatic rings. The van der Waals surface area contributed by atoms with Crippen molar-refractivity contribution in [2.45, 2.75) is 19.9 Å². The molecule has 0 saturated heterocycles. The van der Waals surface area contributed by atoms with Crippen molar-refractivity contribution >= 4 is 17.3 Å². The van der Waals surface area contributed by atoms with Gasteiger partial charge in [-0.2, -0.15) is 5.10 Å². The van der Waals surface area contributed by atoms with Gasteiger partial charge in [-0.05, 0) is 18.6 Å². The highest BCUT2D eigenvalue weighted by atomic mass is 15.3. The molecule has 4 heterocycles. The molecule has 0 aliphatic carbocycles. The zero-order valence-electron chi connectivity index (χ0n) is 13.3. The maximum absolute atomic E-state index is 4.52. The zero-order valence-corrected chi connectivity index (χ0v) is 13.3. The second kappa shape index (κ2) is 6.11. The van der Waals surface area contributed by atoms with Gasteiger partial charge >= 0.3 is 0 Å². The van der Waals surface area contributed by atoms with Gasteiger partial charge < -0.3 is 5.32 Å². The van der Waals surface area contributed by atoms with Gasteiger partial charge in [0.1, 0.15) is 5.82 Å². The molecular weight excluding hydrogens is 302 g/mol. The fraction of sp³-hybridized carbons (Fsp3) is 0.176. The molecule has 0 aromatic carbocycles. The van der Waals surface area contributed by atoms with Crippen LogP contribution in [0.4, 0.5) is 11.6 Å². The van der Waals surface area contributed by atoms with E-state index in [-0.39, 0.29) is 0 Å². The number of hydrogen-bond acceptors (Lipinski definition) is 5. The number of aryl methyl sites for hydroxylation is 1. The van der Waals surface area contributed by atoms with Gasteiger partial charge in [-0.15, -0.1) is 0 Å². The van der Waals surface area contributed by atoms with Gasteiger partial charge in [-0.1, -0.05) is 13.0 Å². The highest BCUT2D eigenvalue weighted by Gasteiger charge is 2.12. The summed E-state index contributed by atoms with van der Waals surface area (Å²) in [5, 5.41) is 7.60. The minimum atomic E-state index is 0.670. The van der Waals surface area contributed by atoms with Gasteiger partial charge in [0.15, 0.2) is 11.5 Å². The van der Waals surface area contributed by atoms with Crippen LogP contribution < -0.4 is 5.32 Å². The molecule has 0 saturated carbocycles. The number of imidazole rings is 1. The lowest BCUT2D eigenvalue weighted by Gasteiger charge is -2.06. The van der Waals surface area contributed by atoms with E-state index >= 15 is 0 Å². The third-order valence-electron chi connectivity index (χ3n) is 3.72. The van der Waals surface area contributed by atoms with Crippen molar-refractivity contribution in [3.63, 3.8) is 0 Å². The van der Waals surface area contributed by atoms with Crippen molar-refractivity contribution in [3.8, 4) is 11.3 Å². The van der Waals surface area contributed by atoms with Gasteiger partial charge in [0.25, 0.3) is 0 Å². The van der Waals surface area contributed by atoms with Gasteiger partial charge in [0.2, 0.25) is 0 Å². The average Bonchev–Trinajstić information content (AvgIpc) is 3.23. The van der Waals surface area contributed by atoms with Crippen LogP contribution in [0.2, 0.25) is 0 Å². The summed E-state index contributed by atoms with van der Waals surface area (Å²) in [6.07, 6.45) is 12.2. The van der Waals surface area contributed by atoms with Crippen LogP contribution in [0.5, 0.6) is 0 Å². The summed E-state index contributed by atoms with van der Waals surface area (Å²) in [4.78, 5) is 13.2. The number of nitrogens with one attached hydrogen (secondary N) is 1. The van der Waals surface area contributed by atoms with Crippen LogP contribution in [0.3, 0.4) is 0 Å². The van der Waals surface area contributed by atoms with E-state index in [9.17, 15) is 0 Å². The van der Waals surface area contributed by atoms with E-state index < -0.39 is 0 Å². The summed E-state index contributed by atoms with van der Waals surface area (Å²) in [5.41, 5.74) is 2.77. The molecule has 4 rings (SSSR count). The number of rotatable bonds is 5. The summed E-state index contributed by atoms with van der Waals surface area (Å²) in [7, 11) is 0. The lowest BCUT2D eigenvalue weighted by molar-refractivity contribution is 0.603. The van der Waals surface area contributed by atoms with Crippen molar-refractivity contribution in [1.82, 2.24) is 29.1 Å². The predicted octanol–water partition coefficient (Wildman–Crippen LogP) is 3.14. The topological polar surface area (TPSA) is 72.9 Å². The molecule has 7 nitrogen and oxygen atoms in total. The Hall–Kier alpha value is -3.22. The molecule has 0 radical (unpaired) electrons. The van der Waals surface area contributed by atoms with Gasteiger partial charge in [0.05, 0.1) is 18.1 Å². The first-order chi connectivity index (χ1) is 11.8. The van der Waals surface area contributed by atoms with Crippen LogP contribution in [0.15, 0.2) is 55.4 Å². The molecule has 0 unspecified atom stereocenters. The summed E-state index contributed by atoms with van der Waals surface area (Å²) in [6.45, 7) is 3.04. The summed E-state index contributed by atoms with van der Waals surface area (Å²) >= 11 is 0. The van der Waals surface area contributed by atoms with Crippen LogP contribution in [-0.2, 0) is 6.54 Å². The molecule has 120 valence electrons. The number of aromatic nitrogens is 6. The van der Waals surface area contributed by atoms with E-state index in [2.05, 4.69) is 32.3 Å². The number of fused-ring (bicyclic) bond motifs is 1. The second-order valence-corrected chi connectivity index (χ2v) is 5.44. The second-order valence-electron chi connectivity index (χ2n) is 5.44. The third-order valence-corrected chi connectivity index (χ3v) is 3.72. The lowest BCUT2D eigenvalue weighted by Crippen LogP contribution is -1.99. The van der Waals surface area contributed by atoms with Gasteiger partial charge in [-0.3, -0.25) is 9.08 Å². The molecule has 7 heteroatoms. The Balaban J connectivity index is 1.73. The van der Waals surface area contributed by atoms with E-state index in [1.54, 1.807) is 12.4 Å². The largest absolute Gasteiger partial charge is 0.322 e. The van der Waals surface area contributed by atoms with Crippen molar-refractivity contribution in [2.24, 2.45) is 0 Å². The normalized spacial score (nSPS) is 11.0. The predicted molar refractivity (Wildman–Crippen MR) is 92.0 cm³/mol. The minimum absolute atomic E-state index is 0.670. The van der Waals surface area contributed by atoms with Crippen LogP contribution in [-0.4, -0.2) is 29.1 Å². The first-order valence-corrected chi connectivity index (χ1v) is 7.88. The van der Waals surface area contributed by atoms with E-state index in [1.807, 2.05) is 52.1 Å². The van der Waals surface area contributed by atoms with Crippen molar-refractivity contribution in [2.75, 3.05) is 5.32 Å². The summed E-state index contributed by atoms with van der Waals surface area (Å²) in [6, 6.07) is 5.69. The molecule has 0 atom stereocenters. The van der Waals surface area contributed by atoms with Crippen molar-refractivity contribution in [3.05, 3.63) is 55.4 Å². The molecule has 0 amide bonds. The molecule has 0 aliphatic rings. The molecule has 0 bridgehead atoms. The Morgan fingerprint density at radius 2 is 2.04 bits per heavy atom. The smallest absolute Gasteiger partial charge is 0.180 e. The van der Waals surface area contributed by atoms with Crippen LogP contribution in [0.1, 0.15) is 13.3 Å². The Morgan fingerprint density at radius 1 is 1.08 bits per heavy atom. The first kappa shape index (κ1) is 14.4. The van der Waals surface area contributed by atoms with Crippen molar-refractivity contribution < 1.29 is 0 Å². The standard InChI is InChI=1S/C17H17N7/c1-2-8-23-12-13(10-21-23)14-11-20-17-16(19-7-9-24(14)17)22-15-5-3-4-6-18-15/h3-7,9-12H,2,8H2,1H3,(H,18,19,22). The monoisotopic (exact) mass is 319 g/mol. The average molecular weight is 319 g/mol. The fourth-order valence-electron chi connectivity index (χ4n) is 2.63. The number of hydrogen-bond donors (Lipinski definition) is 1. The number of nitrogens with zero attached hydrogens (tertiary/aromatic N) is 6. The maximum Gasteiger partial charge on any atom is 0.180 e. The highest BCUT2D eigenvalue weighted by Crippen LogP contribution is 2.24. The van der Waals surface area contributed by atoms with E-state index in [1.165, 1.54) is 0 Å². The SMILES string of the molecule is CCCn1cc(-c2cnc3c(Nc4ccccn4)nccn23)cn1. The first-order valence-electron chi connectivity index (χ1n) is 7.88. The quantitative estimate of drug-likeness (QED) is 0.612. The Kier molecular flexibility index (Phi) is 3.66. The third kappa shape index (κ3) is 2.60. The van der Waals surface area contributed by atoms with Crippen LogP contribution >= 0.6 is 0 Å². The maximum atomic E-state index is 4.52. The minimum Gasteiger partial charge on any atom is -0.322 e. The van der Waals surface area contributed by atoms with Crippen molar-refractivity contribution in [1.29, 1.82) is 0 Å². The van der Waals surface area contributed by atoms with Crippen LogP contribution in [0.25, 0.3) is 16.9 Å². The van der Waals surface area contributed by atoms with E-state index in [0.29, 0.717) is 5.82 Å². The Labute approximate surface area is 139 Å². The van der Waals surface area contributed by atoms with E-state index in [4.69, 9.17) is 0 Å². The van der Waals surface area contributed by atoms with Gasteiger partial charge in [0, 0.05) is 36.9 Å².